The maximum Gasteiger partial charge on any atom is 0.262 e. The molecule has 1 unspecified atom stereocenters. The summed E-state index contributed by atoms with van der Waals surface area (Å²) < 4.78 is 27.2. The van der Waals surface area contributed by atoms with Crippen LogP contribution in [0.1, 0.15) is 38.4 Å². The van der Waals surface area contributed by atoms with Crippen LogP contribution in [0.25, 0.3) is 0 Å². The Hall–Kier alpha value is -0.920. The molecule has 21 heavy (non-hydrogen) atoms. The van der Waals surface area contributed by atoms with Gasteiger partial charge in [0.2, 0.25) is 0 Å². The van der Waals surface area contributed by atoms with Crippen molar-refractivity contribution in [3.63, 3.8) is 0 Å². The molecule has 1 fully saturated rings. The average molecular weight is 314 g/mol. The molecule has 0 radical (unpaired) electrons. The van der Waals surface area contributed by atoms with Crippen LogP contribution in [0.3, 0.4) is 0 Å². The SMILES string of the molecule is CCNCc1c(S(=O)(=O)N2CCC(C(C)C)C2)n[nH]c1C. The van der Waals surface area contributed by atoms with Gasteiger partial charge in [-0.3, -0.25) is 5.10 Å². The van der Waals surface area contributed by atoms with E-state index in [-0.39, 0.29) is 5.03 Å². The van der Waals surface area contributed by atoms with Crippen LogP contribution in [-0.4, -0.2) is 42.6 Å². The molecule has 0 bridgehead atoms. The highest BCUT2D eigenvalue weighted by Crippen LogP contribution is 2.29. The first-order chi connectivity index (χ1) is 9.87. The third-order valence-corrected chi connectivity index (χ3v) is 6.14. The highest BCUT2D eigenvalue weighted by molar-refractivity contribution is 7.89. The van der Waals surface area contributed by atoms with Gasteiger partial charge in [0.05, 0.1) is 0 Å². The molecule has 2 rings (SSSR count). The predicted octanol–water partition coefficient (Wildman–Crippen LogP) is 1.49. The van der Waals surface area contributed by atoms with E-state index in [9.17, 15) is 8.42 Å². The second kappa shape index (κ2) is 6.46. The topological polar surface area (TPSA) is 78.1 Å². The number of hydrogen-bond acceptors (Lipinski definition) is 4. The van der Waals surface area contributed by atoms with Gasteiger partial charge in [-0.1, -0.05) is 20.8 Å². The minimum Gasteiger partial charge on any atom is -0.313 e. The molecule has 1 aromatic heterocycles. The zero-order chi connectivity index (χ0) is 15.6. The lowest BCUT2D eigenvalue weighted by atomic mass is 9.96. The smallest absolute Gasteiger partial charge is 0.262 e. The molecular weight excluding hydrogens is 288 g/mol. The average Bonchev–Trinajstić information content (AvgIpc) is 3.03. The molecule has 2 heterocycles. The zero-order valence-electron chi connectivity index (χ0n) is 13.3. The Morgan fingerprint density at radius 2 is 2.19 bits per heavy atom. The largest absolute Gasteiger partial charge is 0.313 e. The monoisotopic (exact) mass is 314 g/mol. The Balaban J connectivity index is 2.24. The lowest BCUT2D eigenvalue weighted by Crippen LogP contribution is -2.31. The van der Waals surface area contributed by atoms with Crippen molar-refractivity contribution in [1.29, 1.82) is 0 Å². The zero-order valence-corrected chi connectivity index (χ0v) is 14.1. The van der Waals surface area contributed by atoms with Crippen molar-refractivity contribution in [3.8, 4) is 0 Å². The van der Waals surface area contributed by atoms with Gasteiger partial charge in [-0.05, 0) is 31.7 Å². The second-order valence-electron chi connectivity index (χ2n) is 6.07. The molecule has 1 aromatic rings. The third-order valence-electron chi connectivity index (χ3n) is 4.30. The Morgan fingerprint density at radius 3 is 2.76 bits per heavy atom. The van der Waals surface area contributed by atoms with Crippen LogP contribution in [0.15, 0.2) is 5.03 Å². The molecule has 6 nitrogen and oxygen atoms in total. The summed E-state index contributed by atoms with van der Waals surface area (Å²) in [6.07, 6.45) is 0.933. The molecule has 1 aliphatic heterocycles. The van der Waals surface area contributed by atoms with E-state index in [0.717, 1.165) is 24.2 Å². The summed E-state index contributed by atoms with van der Waals surface area (Å²) in [4.78, 5) is 0. The number of hydrogen-bond donors (Lipinski definition) is 2. The fraction of sp³-hybridized carbons (Fsp3) is 0.786. The van der Waals surface area contributed by atoms with Crippen molar-refractivity contribution in [2.75, 3.05) is 19.6 Å². The Bertz CT molecular complexity index is 580. The number of aromatic amines is 1. The van der Waals surface area contributed by atoms with Crippen molar-refractivity contribution >= 4 is 10.0 Å². The fourth-order valence-electron chi connectivity index (χ4n) is 2.74. The van der Waals surface area contributed by atoms with Gasteiger partial charge >= 0.3 is 0 Å². The van der Waals surface area contributed by atoms with E-state index < -0.39 is 10.0 Å². The van der Waals surface area contributed by atoms with Crippen molar-refractivity contribution < 1.29 is 8.42 Å². The molecular formula is C14H26N4O2S. The van der Waals surface area contributed by atoms with Crippen molar-refractivity contribution in [2.24, 2.45) is 11.8 Å². The molecule has 7 heteroatoms. The van der Waals surface area contributed by atoms with Crippen molar-refractivity contribution in [1.82, 2.24) is 19.8 Å². The number of nitrogens with zero attached hydrogens (tertiary/aromatic N) is 2. The molecule has 0 aromatic carbocycles. The summed E-state index contributed by atoms with van der Waals surface area (Å²) in [5.41, 5.74) is 1.57. The van der Waals surface area contributed by atoms with Gasteiger partial charge in [0.25, 0.3) is 10.0 Å². The Morgan fingerprint density at radius 1 is 1.48 bits per heavy atom. The first-order valence-electron chi connectivity index (χ1n) is 7.62. The van der Waals surface area contributed by atoms with E-state index in [1.54, 1.807) is 4.31 Å². The van der Waals surface area contributed by atoms with Gasteiger partial charge in [0.15, 0.2) is 5.03 Å². The predicted molar refractivity (Wildman–Crippen MR) is 82.4 cm³/mol. The number of aryl methyl sites for hydroxylation is 1. The first kappa shape index (κ1) is 16.5. The lowest BCUT2D eigenvalue weighted by Gasteiger charge is -2.17. The van der Waals surface area contributed by atoms with Gasteiger partial charge in [-0.15, -0.1) is 0 Å². The molecule has 1 saturated heterocycles. The van der Waals surface area contributed by atoms with Crippen LogP contribution in [0.4, 0.5) is 0 Å². The maximum absolute atomic E-state index is 12.8. The fourth-order valence-corrected chi connectivity index (χ4v) is 4.42. The van der Waals surface area contributed by atoms with Crippen molar-refractivity contribution in [3.05, 3.63) is 11.3 Å². The highest BCUT2D eigenvalue weighted by atomic mass is 32.2. The quantitative estimate of drug-likeness (QED) is 0.834. The molecule has 0 amide bonds. The van der Waals surface area contributed by atoms with E-state index >= 15 is 0 Å². The lowest BCUT2D eigenvalue weighted by molar-refractivity contribution is 0.388. The molecule has 2 N–H and O–H groups in total. The number of rotatable bonds is 6. The van der Waals surface area contributed by atoms with Crippen LogP contribution in [-0.2, 0) is 16.6 Å². The van der Waals surface area contributed by atoms with Crippen LogP contribution in [0.5, 0.6) is 0 Å². The van der Waals surface area contributed by atoms with Gasteiger partial charge in [-0.25, -0.2) is 8.42 Å². The summed E-state index contributed by atoms with van der Waals surface area (Å²) in [7, 11) is -3.49. The van der Waals surface area contributed by atoms with Crippen LogP contribution in [0.2, 0.25) is 0 Å². The van der Waals surface area contributed by atoms with Crippen LogP contribution < -0.4 is 5.32 Å². The third kappa shape index (κ3) is 3.30. The summed E-state index contributed by atoms with van der Waals surface area (Å²) in [5, 5.41) is 10.2. The highest BCUT2D eigenvalue weighted by Gasteiger charge is 2.36. The molecule has 0 spiro atoms. The number of H-pyrrole nitrogens is 1. The van der Waals surface area contributed by atoms with E-state index in [0.29, 0.717) is 31.5 Å². The van der Waals surface area contributed by atoms with Gasteiger partial charge in [0.1, 0.15) is 0 Å². The summed E-state index contributed by atoms with van der Waals surface area (Å²) in [5.74, 6) is 0.948. The van der Waals surface area contributed by atoms with Gasteiger partial charge < -0.3 is 5.32 Å². The van der Waals surface area contributed by atoms with E-state index in [4.69, 9.17) is 0 Å². The number of aromatic nitrogens is 2. The first-order valence-corrected chi connectivity index (χ1v) is 9.06. The minimum atomic E-state index is -3.49. The molecule has 0 aliphatic carbocycles. The normalized spacial score (nSPS) is 20.5. The van der Waals surface area contributed by atoms with Crippen molar-refractivity contribution in [2.45, 2.75) is 45.7 Å². The van der Waals surface area contributed by atoms with E-state index in [2.05, 4.69) is 29.4 Å². The van der Waals surface area contributed by atoms with E-state index in [1.807, 2.05) is 13.8 Å². The summed E-state index contributed by atoms with van der Waals surface area (Å²) >= 11 is 0. The second-order valence-corrected chi connectivity index (χ2v) is 7.92. The Kier molecular flexibility index (Phi) is 5.06. The van der Waals surface area contributed by atoms with Crippen LogP contribution in [0, 0.1) is 18.8 Å². The Labute approximate surface area is 127 Å². The standard InChI is InChI=1S/C14H26N4O2S/c1-5-15-8-13-11(4)16-17-14(13)21(19,20)18-7-6-12(9-18)10(2)3/h10,12,15H,5-9H2,1-4H3,(H,16,17). The minimum absolute atomic E-state index is 0.186. The molecule has 120 valence electrons. The van der Waals surface area contributed by atoms with Gasteiger partial charge in [0, 0.05) is 30.9 Å². The molecule has 1 atom stereocenters. The maximum atomic E-state index is 12.8. The molecule has 0 saturated carbocycles. The summed E-state index contributed by atoms with van der Waals surface area (Å²) in [6.45, 7) is 10.7. The van der Waals surface area contributed by atoms with Crippen LogP contribution >= 0.6 is 0 Å². The number of sulfonamides is 1. The van der Waals surface area contributed by atoms with Gasteiger partial charge in [-0.2, -0.15) is 9.40 Å². The number of nitrogens with one attached hydrogen (secondary N) is 2. The molecule has 1 aliphatic rings. The summed E-state index contributed by atoms with van der Waals surface area (Å²) in [6, 6.07) is 0. The van der Waals surface area contributed by atoms with E-state index in [1.165, 1.54) is 0 Å².